The van der Waals surface area contributed by atoms with Gasteiger partial charge in [0.05, 0.1) is 23.7 Å². The maximum Gasteiger partial charge on any atom is 0.266 e. The lowest BCUT2D eigenvalue weighted by atomic mass is 10.1. The summed E-state index contributed by atoms with van der Waals surface area (Å²) in [6.07, 6.45) is 4.27. The van der Waals surface area contributed by atoms with E-state index in [0.29, 0.717) is 28.2 Å². The summed E-state index contributed by atoms with van der Waals surface area (Å²) in [4.78, 5) is 28.7. The molecule has 174 valence electrons. The van der Waals surface area contributed by atoms with Gasteiger partial charge < -0.3 is 19.8 Å². The van der Waals surface area contributed by atoms with Gasteiger partial charge >= 0.3 is 0 Å². The van der Waals surface area contributed by atoms with Crippen LogP contribution in [0, 0.1) is 0 Å². The molecular formula is C26H25N3O5. The van der Waals surface area contributed by atoms with Gasteiger partial charge in [-0.1, -0.05) is 24.3 Å². The summed E-state index contributed by atoms with van der Waals surface area (Å²) < 4.78 is 6.64. The summed E-state index contributed by atoms with van der Waals surface area (Å²) in [6.45, 7) is 0. The van der Waals surface area contributed by atoms with Gasteiger partial charge in [-0.15, -0.1) is 0 Å². The van der Waals surface area contributed by atoms with Gasteiger partial charge in [-0.25, -0.2) is 4.98 Å². The average molecular weight is 460 g/mol. The third-order valence-corrected chi connectivity index (χ3v) is 4.75. The van der Waals surface area contributed by atoms with Crippen LogP contribution < -0.4 is 10.3 Å². The minimum atomic E-state index is -0.204. The van der Waals surface area contributed by atoms with Crippen LogP contribution in [-0.2, 0) is 4.79 Å². The molecule has 1 heterocycles. The lowest BCUT2D eigenvalue weighted by Crippen LogP contribution is -2.22. The van der Waals surface area contributed by atoms with E-state index in [0.717, 1.165) is 12.0 Å². The van der Waals surface area contributed by atoms with Gasteiger partial charge in [-0.2, -0.15) is 0 Å². The lowest BCUT2D eigenvalue weighted by molar-refractivity contribution is -0.115. The highest BCUT2D eigenvalue weighted by molar-refractivity contribution is 5.80. The number of aromatic hydroxyl groups is 2. The number of carbonyl (C=O) groups excluding carboxylic acids is 1. The van der Waals surface area contributed by atoms with E-state index in [2.05, 4.69) is 4.98 Å². The molecular weight excluding hydrogens is 434 g/mol. The molecule has 0 aliphatic heterocycles. The van der Waals surface area contributed by atoms with Crippen molar-refractivity contribution in [3.8, 4) is 22.9 Å². The van der Waals surface area contributed by atoms with Gasteiger partial charge in [0.2, 0.25) is 6.41 Å². The fourth-order valence-electron chi connectivity index (χ4n) is 3.08. The van der Waals surface area contributed by atoms with Gasteiger partial charge in [-0.05, 0) is 60.2 Å². The Kier molecular flexibility index (Phi) is 7.66. The lowest BCUT2D eigenvalue weighted by Gasteiger charge is -2.11. The highest BCUT2D eigenvalue weighted by atomic mass is 16.5. The number of aromatic nitrogens is 2. The third-order valence-electron chi connectivity index (χ3n) is 4.75. The largest absolute Gasteiger partial charge is 0.508 e. The fourth-order valence-corrected chi connectivity index (χ4v) is 3.08. The van der Waals surface area contributed by atoms with Crippen molar-refractivity contribution in [3.63, 3.8) is 0 Å². The van der Waals surface area contributed by atoms with Crippen molar-refractivity contribution in [2.75, 3.05) is 21.2 Å². The third kappa shape index (κ3) is 5.60. The molecule has 0 aliphatic rings. The summed E-state index contributed by atoms with van der Waals surface area (Å²) in [5, 5.41) is 19.9. The Morgan fingerprint density at radius 2 is 1.65 bits per heavy atom. The summed E-state index contributed by atoms with van der Waals surface area (Å²) >= 11 is 0. The molecule has 0 saturated heterocycles. The SMILES string of the molecule is CN(C)C=O.COc1cc(/C=C/c2nc3ccccc3c(=O)n2-c2ccc(O)cc2)ccc1O. The van der Waals surface area contributed by atoms with Crippen LogP contribution >= 0.6 is 0 Å². The van der Waals surface area contributed by atoms with Gasteiger partial charge in [0.15, 0.2) is 11.5 Å². The maximum atomic E-state index is 13.2. The topological polar surface area (TPSA) is 105 Å². The number of nitrogens with zero attached hydrogens (tertiary/aromatic N) is 3. The zero-order chi connectivity index (χ0) is 24.7. The first kappa shape index (κ1) is 24.1. The van der Waals surface area contributed by atoms with E-state index in [-0.39, 0.29) is 17.1 Å². The Hall–Kier alpha value is -4.59. The number of ether oxygens (including phenoxy) is 1. The first-order chi connectivity index (χ1) is 16.3. The van der Waals surface area contributed by atoms with E-state index in [1.807, 2.05) is 6.07 Å². The summed E-state index contributed by atoms with van der Waals surface area (Å²) in [5.41, 5.74) is 1.76. The van der Waals surface area contributed by atoms with Gasteiger partial charge in [0.25, 0.3) is 5.56 Å². The number of hydrogen-bond donors (Lipinski definition) is 2. The van der Waals surface area contributed by atoms with Crippen LogP contribution in [-0.4, -0.2) is 52.3 Å². The van der Waals surface area contributed by atoms with Crippen LogP contribution in [0.1, 0.15) is 11.4 Å². The fraction of sp³-hybridized carbons (Fsp3) is 0.115. The van der Waals surface area contributed by atoms with Crippen molar-refractivity contribution in [2.45, 2.75) is 0 Å². The monoisotopic (exact) mass is 459 g/mol. The minimum Gasteiger partial charge on any atom is -0.508 e. The number of benzene rings is 3. The quantitative estimate of drug-likeness (QED) is 0.441. The molecule has 3 aromatic carbocycles. The summed E-state index contributed by atoms with van der Waals surface area (Å²) in [6, 6.07) is 18.5. The van der Waals surface area contributed by atoms with Gasteiger partial charge in [0, 0.05) is 14.1 Å². The zero-order valence-corrected chi connectivity index (χ0v) is 19.0. The van der Waals surface area contributed by atoms with Crippen molar-refractivity contribution in [2.24, 2.45) is 0 Å². The molecule has 2 N–H and O–H groups in total. The summed E-state index contributed by atoms with van der Waals surface area (Å²) in [5.74, 6) is 0.958. The highest BCUT2D eigenvalue weighted by Gasteiger charge is 2.11. The number of fused-ring (bicyclic) bond motifs is 1. The molecule has 0 atom stereocenters. The number of carbonyl (C=O) groups is 1. The van der Waals surface area contributed by atoms with Gasteiger partial charge in [-0.3, -0.25) is 14.2 Å². The Balaban J connectivity index is 0.000000588. The Morgan fingerprint density at radius 3 is 2.29 bits per heavy atom. The van der Waals surface area contributed by atoms with Crippen LogP contribution in [0.15, 0.2) is 71.5 Å². The normalized spacial score (nSPS) is 10.6. The first-order valence-corrected chi connectivity index (χ1v) is 10.3. The van der Waals surface area contributed by atoms with Crippen LogP contribution in [0.5, 0.6) is 17.2 Å². The molecule has 34 heavy (non-hydrogen) atoms. The molecule has 0 bridgehead atoms. The molecule has 1 aromatic heterocycles. The maximum absolute atomic E-state index is 13.2. The predicted molar refractivity (Wildman–Crippen MR) is 132 cm³/mol. The molecule has 0 saturated carbocycles. The molecule has 8 heteroatoms. The molecule has 8 nitrogen and oxygen atoms in total. The number of hydrogen-bond acceptors (Lipinski definition) is 6. The molecule has 0 fully saturated rings. The minimum absolute atomic E-state index is 0.0504. The molecule has 0 aliphatic carbocycles. The van der Waals surface area contributed by atoms with E-state index in [4.69, 9.17) is 4.74 Å². The number of phenols is 2. The van der Waals surface area contributed by atoms with Crippen LogP contribution in [0.4, 0.5) is 0 Å². The second-order valence-electron chi connectivity index (χ2n) is 7.48. The molecule has 4 rings (SSSR count). The Morgan fingerprint density at radius 1 is 0.971 bits per heavy atom. The molecule has 0 radical (unpaired) electrons. The van der Waals surface area contributed by atoms with E-state index < -0.39 is 0 Å². The second-order valence-corrected chi connectivity index (χ2v) is 7.48. The highest BCUT2D eigenvalue weighted by Crippen LogP contribution is 2.27. The first-order valence-electron chi connectivity index (χ1n) is 10.3. The van der Waals surface area contributed by atoms with Crippen molar-refractivity contribution < 1.29 is 19.7 Å². The molecule has 4 aromatic rings. The van der Waals surface area contributed by atoms with Crippen molar-refractivity contribution in [3.05, 3.63) is 88.5 Å². The van der Waals surface area contributed by atoms with Crippen molar-refractivity contribution in [1.82, 2.24) is 14.5 Å². The van der Waals surface area contributed by atoms with Crippen LogP contribution in [0.2, 0.25) is 0 Å². The van der Waals surface area contributed by atoms with E-state index in [1.54, 1.807) is 74.8 Å². The van der Waals surface area contributed by atoms with Crippen molar-refractivity contribution in [1.29, 1.82) is 0 Å². The molecule has 0 spiro atoms. The molecule has 0 unspecified atom stereocenters. The average Bonchev–Trinajstić information content (AvgIpc) is 2.85. The zero-order valence-electron chi connectivity index (χ0n) is 19.0. The van der Waals surface area contributed by atoms with E-state index in [9.17, 15) is 19.8 Å². The number of amides is 1. The second kappa shape index (κ2) is 10.8. The van der Waals surface area contributed by atoms with E-state index in [1.165, 1.54) is 28.7 Å². The van der Waals surface area contributed by atoms with Crippen molar-refractivity contribution >= 4 is 29.5 Å². The number of methoxy groups -OCH3 is 1. The number of rotatable bonds is 5. The Bertz CT molecular complexity index is 1380. The number of para-hydroxylation sites is 1. The molecule has 1 amide bonds. The Labute approximate surface area is 196 Å². The van der Waals surface area contributed by atoms with E-state index >= 15 is 0 Å². The summed E-state index contributed by atoms with van der Waals surface area (Å²) in [7, 11) is 4.86. The predicted octanol–water partition coefficient (Wildman–Crippen LogP) is 3.68. The van der Waals surface area contributed by atoms with Gasteiger partial charge in [0.1, 0.15) is 11.6 Å². The number of phenolic OH excluding ortho intramolecular Hbond substituents is 2. The standard InChI is InChI=1S/C23H18N2O4.C3H7NO/c1-29-21-14-15(6-12-20(21)27)7-13-22-24-19-5-3-2-4-18(19)23(28)25(22)16-8-10-17(26)11-9-16;1-4(2)3-5/h2-14,26-27H,1H3;3H,1-2H3/b13-7+;. The van der Waals surface area contributed by atoms with Crippen LogP contribution in [0.25, 0.3) is 28.7 Å². The smallest absolute Gasteiger partial charge is 0.266 e. The van der Waals surface area contributed by atoms with Crippen LogP contribution in [0.3, 0.4) is 0 Å².